The third-order valence-electron chi connectivity index (χ3n) is 2.54. The molecule has 0 heterocycles. The van der Waals surface area contributed by atoms with Crippen LogP contribution in [0, 0.1) is 0 Å². The molecule has 0 fully saturated rings. The number of benzene rings is 1. The molecule has 0 saturated carbocycles. The molecule has 1 unspecified atom stereocenters. The largest absolute Gasteiger partial charge is 0.480 e. The molecule has 3 N–H and O–H groups in total. The third-order valence-corrected chi connectivity index (χ3v) is 3.91. The highest BCUT2D eigenvalue weighted by atomic mass is 35.5. The lowest BCUT2D eigenvalue weighted by Gasteiger charge is -2.19. The molecular formula is C13H16ClNO4S. The van der Waals surface area contributed by atoms with Gasteiger partial charge in [-0.3, -0.25) is 4.79 Å². The van der Waals surface area contributed by atoms with Crippen molar-refractivity contribution in [2.75, 3.05) is 0 Å². The number of rotatable bonds is 6. The number of carbonyl (C=O) groups excluding carboxylic acids is 1. The molecule has 5 nitrogen and oxygen atoms in total. The van der Waals surface area contributed by atoms with Crippen LogP contribution in [0.2, 0.25) is 5.02 Å². The number of amides is 1. The van der Waals surface area contributed by atoms with Crippen LogP contribution in [0.3, 0.4) is 0 Å². The van der Waals surface area contributed by atoms with E-state index in [9.17, 15) is 14.7 Å². The first kappa shape index (κ1) is 16.8. The molecule has 7 heteroatoms. The van der Waals surface area contributed by atoms with Gasteiger partial charge in [0.25, 0.3) is 0 Å². The molecule has 110 valence electrons. The molecule has 0 aromatic heterocycles. The Bertz CT molecular complexity index is 478. The third kappa shape index (κ3) is 5.03. The average Bonchev–Trinajstić information content (AvgIpc) is 2.37. The molecule has 0 aliphatic heterocycles. The van der Waals surface area contributed by atoms with Crippen LogP contribution in [0.15, 0.2) is 29.2 Å². The van der Waals surface area contributed by atoms with Crippen molar-refractivity contribution in [2.24, 2.45) is 0 Å². The SMILES string of the molecule is CC(Sc1ccc(Cl)cc1)C(=O)N[C@H](C(=O)O)[C@@H](C)O. The van der Waals surface area contributed by atoms with E-state index in [1.165, 1.54) is 18.7 Å². The van der Waals surface area contributed by atoms with E-state index >= 15 is 0 Å². The van der Waals surface area contributed by atoms with Crippen LogP contribution in [-0.2, 0) is 9.59 Å². The maximum absolute atomic E-state index is 11.9. The number of hydrogen-bond acceptors (Lipinski definition) is 4. The molecule has 0 spiro atoms. The standard InChI is InChI=1S/C13H16ClNO4S/c1-7(16)11(13(18)19)15-12(17)8(2)20-10-5-3-9(14)4-6-10/h3-8,11,16H,1-2H3,(H,15,17)(H,18,19)/t7-,8?,11+/m1/s1. The molecule has 1 amide bonds. The Balaban J connectivity index is 2.62. The van der Waals surface area contributed by atoms with Crippen molar-refractivity contribution in [3.63, 3.8) is 0 Å². The molecule has 1 aromatic rings. The summed E-state index contributed by atoms with van der Waals surface area (Å²) in [6.45, 7) is 2.98. The Kier molecular flexibility index (Phi) is 6.32. The summed E-state index contributed by atoms with van der Waals surface area (Å²) in [7, 11) is 0. The van der Waals surface area contributed by atoms with Crippen molar-refractivity contribution < 1.29 is 19.8 Å². The highest BCUT2D eigenvalue weighted by Gasteiger charge is 2.27. The molecule has 20 heavy (non-hydrogen) atoms. The van der Waals surface area contributed by atoms with Crippen molar-refractivity contribution in [3.05, 3.63) is 29.3 Å². The highest BCUT2D eigenvalue weighted by Crippen LogP contribution is 2.24. The molecule has 0 saturated heterocycles. The van der Waals surface area contributed by atoms with Gasteiger partial charge in [-0.05, 0) is 38.1 Å². The van der Waals surface area contributed by atoms with Gasteiger partial charge in [0, 0.05) is 9.92 Å². The molecule has 3 atom stereocenters. The van der Waals surface area contributed by atoms with Crippen LogP contribution < -0.4 is 5.32 Å². The summed E-state index contributed by atoms with van der Waals surface area (Å²) >= 11 is 7.05. The van der Waals surface area contributed by atoms with Gasteiger partial charge >= 0.3 is 5.97 Å². The topological polar surface area (TPSA) is 86.6 Å². The Morgan fingerprint density at radius 2 is 1.80 bits per heavy atom. The molecule has 0 aliphatic carbocycles. The number of carboxylic acids is 1. The number of nitrogens with one attached hydrogen (secondary N) is 1. The van der Waals surface area contributed by atoms with Crippen molar-refractivity contribution >= 4 is 35.2 Å². The van der Waals surface area contributed by atoms with Gasteiger partial charge in [0.2, 0.25) is 5.91 Å². The number of aliphatic hydroxyl groups is 1. The molecule has 0 aliphatic rings. The second kappa shape index (κ2) is 7.52. The minimum Gasteiger partial charge on any atom is -0.480 e. The van der Waals surface area contributed by atoms with Gasteiger partial charge in [-0.25, -0.2) is 4.79 Å². The van der Waals surface area contributed by atoms with E-state index in [2.05, 4.69) is 5.32 Å². The summed E-state index contributed by atoms with van der Waals surface area (Å²) in [5.74, 6) is -1.71. The van der Waals surface area contributed by atoms with Crippen molar-refractivity contribution in [2.45, 2.75) is 36.1 Å². The second-order valence-corrected chi connectivity index (χ2v) is 6.13. The summed E-state index contributed by atoms with van der Waals surface area (Å²) in [6.07, 6.45) is -1.16. The van der Waals surface area contributed by atoms with Crippen LogP contribution >= 0.6 is 23.4 Å². The van der Waals surface area contributed by atoms with Crippen LogP contribution in [-0.4, -0.2) is 39.5 Å². The maximum Gasteiger partial charge on any atom is 0.328 e. The van der Waals surface area contributed by atoms with Gasteiger partial charge in [0.15, 0.2) is 6.04 Å². The van der Waals surface area contributed by atoms with Gasteiger partial charge in [-0.15, -0.1) is 11.8 Å². The Morgan fingerprint density at radius 3 is 2.25 bits per heavy atom. The van der Waals surface area contributed by atoms with Crippen molar-refractivity contribution in [3.8, 4) is 0 Å². The smallest absolute Gasteiger partial charge is 0.328 e. The first-order chi connectivity index (χ1) is 9.31. The van der Waals surface area contributed by atoms with E-state index in [4.69, 9.17) is 16.7 Å². The maximum atomic E-state index is 11.9. The van der Waals surface area contributed by atoms with Crippen LogP contribution in [0.4, 0.5) is 0 Å². The summed E-state index contributed by atoms with van der Waals surface area (Å²) in [5.41, 5.74) is 0. The fraction of sp³-hybridized carbons (Fsp3) is 0.385. The van der Waals surface area contributed by atoms with Crippen LogP contribution in [0.25, 0.3) is 0 Å². The fourth-order valence-electron chi connectivity index (χ4n) is 1.43. The zero-order valence-corrected chi connectivity index (χ0v) is 12.6. The number of halogens is 1. The normalized spacial score (nSPS) is 15.2. The molecule has 0 bridgehead atoms. The molecule has 1 aromatic carbocycles. The molecular weight excluding hydrogens is 302 g/mol. The zero-order chi connectivity index (χ0) is 15.3. The number of aliphatic hydroxyl groups excluding tert-OH is 1. The van der Waals surface area contributed by atoms with Crippen LogP contribution in [0.1, 0.15) is 13.8 Å². The van der Waals surface area contributed by atoms with Crippen molar-refractivity contribution in [1.29, 1.82) is 0 Å². The zero-order valence-electron chi connectivity index (χ0n) is 11.0. The van der Waals surface area contributed by atoms with Gasteiger partial charge in [-0.2, -0.15) is 0 Å². The minimum absolute atomic E-state index is 0.446. The monoisotopic (exact) mass is 317 g/mol. The summed E-state index contributed by atoms with van der Waals surface area (Å²) in [5, 5.41) is 20.6. The van der Waals surface area contributed by atoms with Gasteiger partial charge in [-0.1, -0.05) is 11.6 Å². The number of aliphatic carboxylic acids is 1. The molecule has 1 rings (SSSR count). The highest BCUT2D eigenvalue weighted by molar-refractivity contribution is 8.00. The van der Waals surface area contributed by atoms with Gasteiger partial charge in [0.1, 0.15) is 0 Å². The van der Waals surface area contributed by atoms with E-state index in [0.717, 1.165) is 4.90 Å². The lowest BCUT2D eigenvalue weighted by Crippen LogP contribution is -2.49. The predicted octanol–water partition coefficient (Wildman–Crippen LogP) is 1.77. The van der Waals surface area contributed by atoms with Gasteiger partial charge < -0.3 is 15.5 Å². The Morgan fingerprint density at radius 1 is 1.25 bits per heavy atom. The van der Waals surface area contributed by atoms with E-state index in [0.29, 0.717) is 5.02 Å². The quantitative estimate of drug-likeness (QED) is 0.696. The number of carbonyl (C=O) groups is 2. The lowest BCUT2D eigenvalue weighted by atomic mass is 10.2. The van der Waals surface area contributed by atoms with Crippen molar-refractivity contribution in [1.82, 2.24) is 5.32 Å². The molecule has 0 radical (unpaired) electrons. The lowest BCUT2D eigenvalue weighted by molar-refractivity contribution is -0.144. The summed E-state index contributed by atoms with van der Waals surface area (Å²) in [6, 6.07) is 5.67. The average molecular weight is 318 g/mol. The minimum atomic E-state index is -1.31. The van der Waals surface area contributed by atoms with E-state index in [1.807, 2.05) is 0 Å². The first-order valence-electron chi connectivity index (χ1n) is 5.94. The summed E-state index contributed by atoms with van der Waals surface area (Å²) in [4.78, 5) is 23.6. The fourth-order valence-corrected chi connectivity index (χ4v) is 2.43. The Labute approximate surface area is 126 Å². The van der Waals surface area contributed by atoms with Crippen LogP contribution in [0.5, 0.6) is 0 Å². The number of hydrogen-bond donors (Lipinski definition) is 3. The Hall–Kier alpha value is -1.24. The first-order valence-corrected chi connectivity index (χ1v) is 7.20. The summed E-state index contributed by atoms with van der Waals surface area (Å²) < 4.78 is 0. The number of carboxylic acid groups (broad SMARTS) is 1. The number of thioether (sulfide) groups is 1. The second-order valence-electron chi connectivity index (χ2n) is 4.28. The predicted molar refractivity (Wildman–Crippen MR) is 78.0 cm³/mol. The van der Waals surface area contributed by atoms with E-state index in [1.54, 1.807) is 31.2 Å². The van der Waals surface area contributed by atoms with E-state index in [-0.39, 0.29) is 0 Å². The van der Waals surface area contributed by atoms with E-state index < -0.39 is 29.3 Å². The van der Waals surface area contributed by atoms with Gasteiger partial charge in [0.05, 0.1) is 11.4 Å².